The minimum Gasteiger partial charge on any atom is -0.467 e. The van der Waals surface area contributed by atoms with Gasteiger partial charge in [0.2, 0.25) is 0 Å². The number of hydrogen-bond donors (Lipinski definition) is 2. The van der Waals surface area contributed by atoms with Gasteiger partial charge in [-0.05, 0) is 54.1 Å². The number of hydrogen-bond acceptors (Lipinski definition) is 3. The number of carbonyl (C=O) groups excluding carboxylic acids is 2. The highest BCUT2D eigenvalue weighted by Gasteiger charge is 2.09. The first-order valence-electron chi connectivity index (χ1n) is 8.05. The number of nitrogens with one attached hydrogen (secondary N) is 2. The molecule has 132 valence electrons. The molecule has 0 aliphatic carbocycles. The van der Waals surface area contributed by atoms with Gasteiger partial charge in [0.1, 0.15) is 5.76 Å². The van der Waals surface area contributed by atoms with Crippen LogP contribution in [0.4, 0.5) is 0 Å². The Morgan fingerprint density at radius 3 is 1.92 bits per heavy atom. The van der Waals surface area contributed by atoms with E-state index >= 15 is 0 Å². The molecule has 26 heavy (non-hydrogen) atoms. The van der Waals surface area contributed by atoms with E-state index in [2.05, 4.69) is 10.6 Å². The zero-order valence-electron chi connectivity index (χ0n) is 13.9. The van der Waals surface area contributed by atoms with E-state index in [-0.39, 0.29) is 11.8 Å². The molecule has 0 spiro atoms. The van der Waals surface area contributed by atoms with Crippen LogP contribution in [-0.2, 0) is 13.1 Å². The molecule has 3 aromatic rings. The molecular weight excluding hydrogens is 352 g/mol. The molecule has 0 radical (unpaired) electrons. The van der Waals surface area contributed by atoms with Gasteiger partial charge in [-0.3, -0.25) is 9.59 Å². The van der Waals surface area contributed by atoms with Gasteiger partial charge in [0.15, 0.2) is 0 Å². The van der Waals surface area contributed by atoms with Gasteiger partial charge in [-0.25, -0.2) is 0 Å². The zero-order chi connectivity index (χ0) is 18.4. The highest BCUT2D eigenvalue weighted by Crippen LogP contribution is 2.10. The smallest absolute Gasteiger partial charge is 0.251 e. The van der Waals surface area contributed by atoms with Crippen LogP contribution in [0.3, 0.4) is 0 Å². The van der Waals surface area contributed by atoms with Crippen LogP contribution in [0, 0.1) is 0 Å². The summed E-state index contributed by atoms with van der Waals surface area (Å²) in [4.78, 5) is 24.3. The lowest BCUT2D eigenvalue weighted by molar-refractivity contribution is 0.0937. The van der Waals surface area contributed by atoms with Crippen molar-refractivity contribution in [3.05, 3.63) is 94.4 Å². The summed E-state index contributed by atoms with van der Waals surface area (Å²) in [7, 11) is 0. The molecule has 0 aliphatic heterocycles. The van der Waals surface area contributed by atoms with Gasteiger partial charge in [0, 0.05) is 22.7 Å². The Balaban J connectivity index is 1.53. The van der Waals surface area contributed by atoms with Crippen LogP contribution in [0.2, 0.25) is 5.02 Å². The second-order valence-electron chi connectivity index (χ2n) is 5.65. The van der Waals surface area contributed by atoms with Crippen molar-refractivity contribution in [2.24, 2.45) is 0 Å². The van der Waals surface area contributed by atoms with Crippen LogP contribution in [0.5, 0.6) is 0 Å². The SMILES string of the molecule is O=C(NCc1ccc(Cl)cc1)c1ccc(C(=O)NCc2ccco2)cc1. The van der Waals surface area contributed by atoms with Crippen molar-refractivity contribution >= 4 is 23.4 Å². The Kier molecular flexibility index (Phi) is 5.71. The van der Waals surface area contributed by atoms with Crippen LogP contribution >= 0.6 is 11.6 Å². The van der Waals surface area contributed by atoms with Crippen molar-refractivity contribution in [2.45, 2.75) is 13.1 Å². The monoisotopic (exact) mass is 368 g/mol. The van der Waals surface area contributed by atoms with Gasteiger partial charge in [-0.15, -0.1) is 0 Å². The number of benzene rings is 2. The zero-order valence-corrected chi connectivity index (χ0v) is 14.6. The van der Waals surface area contributed by atoms with E-state index in [1.165, 1.54) is 0 Å². The molecule has 0 saturated carbocycles. The van der Waals surface area contributed by atoms with Crippen LogP contribution in [0.1, 0.15) is 32.0 Å². The maximum absolute atomic E-state index is 12.2. The molecule has 1 heterocycles. The van der Waals surface area contributed by atoms with Crippen molar-refractivity contribution in [1.82, 2.24) is 10.6 Å². The van der Waals surface area contributed by atoms with Gasteiger partial charge in [0.05, 0.1) is 12.8 Å². The Bertz CT molecular complexity index is 872. The van der Waals surface area contributed by atoms with E-state index in [4.69, 9.17) is 16.0 Å². The molecule has 1 aromatic heterocycles. The van der Waals surface area contributed by atoms with Crippen LogP contribution in [-0.4, -0.2) is 11.8 Å². The standard InChI is InChI=1S/C20H17ClN2O3/c21-17-9-3-14(4-10-17)12-22-19(24)15-5-7-16(8-6-15)20(25)23-13-18-2-1-11-26-18/h1-11H,12-13H2,(H,22,24)(H,23,25). The highest BCUT2D eigenvalue weighted by molar-refractivity contribution is 6.30. The van der Waals surface area contributed by atoms with Gasteiger partial charge in [0.25, 0.3) is 11.8 Å². The van der Waals surface area contributed by atoms with E-state index in [1.54, 1.807) is 54.8 Å². The first-order chi connectivity index (χ1) is 12.6. The van der Waals surface area contributed by atoms with Crippen molar-refractivity contribution in [1.29, 1.82) is 0 Å². The molecule has 3 rings (SSSR count). The summed E-state index contributed by atoms with van der Waals surface area (Å²) in [6.07, 6.45) is 1.55. The molecule has 0 bridgehead atoms. The predicted octanol–water partition coefficient (Wildman–Crippen LogP) is 3.79. The fourth-order valence-electron chi connectivity index (χ4n) is 2.34. The van der Waals surface area contributed by atoms with Crippen molar-refractivity contribution in [2.75, 3.05) is 0 Å². The van der Waals surface area contributed by atoms with Crippen LogP contribution in [0.15, 0.2) is 71.3 Å². The van der Waals surface area contributed by atoms with E-state index in [9.17, 15) is 9.59 Å². The number of halogens is 1. The van der Waals surface area contributed by atoms with E-state index in [0.29, 0.717) is 35.0 Å². The first kappa shape index (κ1) is 17.8. The maximum Gasteiger partial charge on any atom is 0.251 e. The van der Waals surface area contributed by atoms with E-state index < -0.39 is 0 Å². The lowest BCUT2D eigenvalue weighted by atomic mass is 10.1. The Labute approximate surface area is 156 Å². The molecule has 0 atom stereocenters. The third-order valence-corrected chi connectivity index (χ3v) is 4.03. The predicted molar refractivity (Wildman–Crippen MR) is 98.9 cm³/mol. The molecule has 0 fully saturated rings. The summed E-state index contributed by atoms with van der Waals surface area (Å²) in [5, 5.41) is 6.24. The van der Waals surface area contributed by atoms with E-state index in [1.807, 2.05) is 12.1 Å². The Hall–Kier alpha value is -3.05. The summed E-state index contributed by atoms with van der Waals surface area (Å²) >= 11 is 5.84. The number of furan rings is 1. The maximum atomic E-state index is 12.2. The third kappa shape index (κ3) is 4.74. The molecule has 2 aromatic carbocycles. The van der Waals surface area contributed by atoms with Crippen molar-refractivity contribution in [3.8, 4) is 0 Å². The molecule has 2 amide bonds. The summed E-state index contributed by atoms with van der Waals surface area (Å²) in [5.41, 5.74) is 1.92. The van der Waals surface area contributed by atoms with Gasteiger partial charge < -0.3 is 15.1 Å². The molecule has 5 nitrogen and oxygen atoms in total. The summed E-state index contributed by atoms with van der Waals surface area (Å²) in [5.74, 6) is 0.244. The minimum atomic E-state index is -0.227. The lowest BCUT2D eigenvalue weighted by Crippen LogP contribution is -2.24. The number of amides is 2. The summed E-state index contributed by atoms with van der Waals surface area (Å²) < 4.78 is 5.17. The number of rotatable bonds is 6. The average molecular weight is 369 g/mol. The third-order valence-electron chi connectivity index (χ3n) is 3.78. The van der Waals surface area contributed by atoms with Gasteiger partial charge in [-0.2, -0.15) is 0 Å². The van der Waals surface area contributed by atoms with Crippen LogP contribution in [0.25, 0.3) is 0 Å². The second-order valence-corrected chi connectivity index (χ2v) is 6.08. The van der Waals surface area contributed by atoms with Crippen molar-refractivity contribution < 1.29 is 14.0 Å². The molecule has 0 unspecified atom stereocenters. The van der Waals surface area contributed by atoms with E-state index in [0.717, 1.165) is 5.56 Å². The fraction of sp³-hybridized carbons (Fsp3) is 0.100. The quantitative estimate of drug-likeness (QED) is 0.695. The highest BCUT2D eigenvalue weighted by atomic mass is 35.5. The normalized spacial score (nSPS) is 10.3. The number of carbonyl (C=O) groups is 2. The summed E-state index contributed by atoms with van der Waals surface area (Å²) in [6, 6.07) is 17.3. The summed E-state index contributed by atoms with van der Waals surface area (Å²) in [6.45, 7) is 0.719. The first-order valence-corrected chi connectivity index (χ1v) is 8.43. The van der Waals surface area contributed by atoms with Crippen LogP contribution < -0.4 is 10.6 Å². The molecule has 6 heteroatoms. The molecule has 2 N–H and O–H groups in total. The largest absolute Gasteiger partial charge is 0.467 e. The topological polar surface area (TPSA) is 71.3 Å². The second kappa shape index (κ2) is 8.36. The fourth-order valence-corrected chi connectivity index (χ4v) is 2.47. The minimum absolute atomic E-state index is 0.206. The van der Waals surface area contributed by atoms with Gasteiger partial charge in [-0.1, -0.05) is 23.7 Å². The Morgan fingerprint density at radius 1 is 0.808 bits per heavy atom. The Morgan fingerprint density at radius 2 is 1.38 bits per heavy atom. The molecular formula is C20H17ClN2O3. The lowest BCUT2D eigenvalue weighted by Gasteiger charge is -2.07. The average Bonchev–Trinajstić information content (AvgIpc) is 3.19. The molecule has 0 saturated heterocycles. The van der Waals surface area contributed by atoms with Crippen molar-refractivity contribution in [3.63, 3.8) is 0 Å². The molecule has 0 aliphatic rings. The van der Waals surface area contributed by atoms with Gasteiger partial charge >= 0.3 is 0 Å².